The van der Waals surface area contributed by atoms with E-state index in [1.807, 2.05) is 18.0 Å². The second kappa shape index (κ2) is 4.05. The highest BCUT2D eigenvalue weighted by Gasteiger charge is 2.33. The summed E-state index contributed by atoms with van der Waals surface area (Å²) in [7, 11) is -1.22. The van der Waals surface area contributed by atoms with Gasteiger partial charge in [-0.3, -0.25) is 0 Å². The van der Waals surface area contributed by atoms with Gasteiger partial charge in [-0.2, -0.15) is 0 Å². The van der Waals surface area contributed by atoms with Crippen molar-refractivity contribution in [1.82, 2.24) is 4.90 Å². The van der Waals surface area contributed by atoms with Gasteiger partial charge in [-0.05, 0) is 17.7 Å². The maximum absolute atomic E-state index is 11.7. The minimum absolute atomic E-state index is 0.364. The first-order chi connectivity index (χ1) is 8.91. The van der Waals surface area contributed by atoms with Crippen LogP contribution in [-0.4, -0.2) is 26.6 Å². The molecular weight excluding hydrogens is 280 g/mol. The molecule has 0 fully saturated rings. The number of hydrogen-bond acceptors (Lipinski definition) is 5. The second-order valence-corrected chi connectivity index (χ2v) is 7.84. The number of sulfone groups is 1. The van der Waals surface area contributed by atoms with Gasteiger partial charge in [-0.25, -0.2) is 8.42 Å². The zero-order valence-corrected chi connectivity index (χ0v) is 12.3. The predicted octanol–water partition coefficient (Wildman–Crippen LogP) is 1.75. The summed E-state index contributed by atoms with van der Waals surface area (Å²) < 4.78 is 23.3. The van der Waals surface area contributed by atoms with E-state index in [1.54, 1.807) is 30.1 Å². The Bertz CT molecular complexity index is 733. The van der Waals surface area contributed by atoms with Gasteiger partial charge in [0.25, 0.3) is 0 Å². The molecule has 4 nitrogen and oxygen atoms in total. The number of hydrogen-bond donors (Lipinski definition) is 1. The Morgan fingerprint density at radius 3 is 2.79 bits per heavy atom. The van der Waals surface area contributed by atoms with Crippen LogP contribution in [0.3, 0.4) is 0 Å². The number of thioether (sulfide) groups is 1. The molecule has 1 heterocycles. The lowest BCUT2D eigenvalue weighted by Gasteiger charge is -2.18. The van der Waals surface area contributed by atoms with Crippen LogP contribution in [0.5, 0.6) is 0 Å². The minimum atomic E-state index is -3.18. The fraction of sp³-hybridized carbons (Fsp3) is 0.231. The van der Waals surface area contributed by atoms with Crippen molar-refractivity contribution in [2.45, 2.75) is 11.3 Å². The molecule has 19 heavy (non-hydrogen) atoms. The lowest BCUT2D eigenvalue weighted by molar-refractivity contribution is 0.601. The van der Waals surface area contributed by atoms with Crippen molar-refractivity contribution in [1.29, 1.82) is 0 Å². The van der Waals surface area contributed by atoms with Gasteiger partial charge in [0.05, 0.1) is 15.6 Å². The molecule has 0 aromatic heterocycles. The van der Waals surface area contributed by atoms with Crippen LogP contribution in [0, 0.1) is 0 Å². The highest BCUT2D eigenvalue weighted by molar-refractivity contribution is 8.07. The van der Waals surface area contributed by atoms with Crippen LogP contribution in [0.15, 0.2) is 39.2 Å². The van der Waals surface area contributed by atoms with Gasteiger partial charge >= 0.3 is 0 Å². The molecule has 2 aliphatic rings. The monoisotopic (exact) mass is 294 g/mol. The molecule has 1 aliphatic heterocycles. The van der Waals surface area contributed by atoms with Crippen LogP contribution in [0.2, 0.25) is 0 Å². The van der Waals surface area contributed by atoms with Crippen molar-refractivity contribution in [2.24, 2.45) is 5.73 Å². The van der Waals surface area contributed by atoms with Gasteiger partial charge < -0.3 is 10.6 Å². The topological polar surface area (TPSA) is 63.4 Å². The molecule has 1 aromatic carbocycles. The number of nitrogens with two attached hydrogens (primary N) is 1. The molecule has 0 amide bonds. The van der Waals surface area contributed by atoms with Crippen molar-refractivity contribution in [2.75, 3.05) is 13.3 Å². The largest absolute Gasteiger partial charge is 0.402 e. The summed E-state index contributed by atoms with van der Waals surface area (Å²) in [4.78, 5) is 3.63. The molecule has 0 saturated heterocycles. The fourth-order valence-electron chi connectivity index (χ4n) is 2.47. The highest BCUT2D eigenvalue weighted by atomic mass is 32.2. The number of allylic oxidation sites excluding steroid dienone is 1. The molecule has 6 heteroatoms. The molecule has 0 bridgehead atoms. The van der Waals surface area contributed by atoms with Crippen molar-refractivity contribution in [3.05, 3.63) is 45.5 Å². The van der Waals surface area contributed by atoms with Crippen LogP contribution in [0.4, 0.5) is 0 Å². The SMILES string of the molecule is CN1C2=C(Cc3ccc(S(C)(=O)=O)cc32)S/C1=C\N. The molecule has 0 atom stereocenters. The lowest BCUT2D eigenvalue weighted by atomic mass is 10.1. The van der Waals surface area contributed by atoms with Crippen LogP contribution < -0.4 is 5.73 Å². The quantitative estimate of drug-likeness (QED) is 0.855. The van der Waals surface area contributed by atoms with Crippen LogP contribution in [-0.2, 0) is 16.3 Å². The van der Waals surface area contributed by atoms with Gasteiger partial charge in [0.1, 0.15) is 0 Å². The van der Waals surface area contributed by atoms with Gasteiger partial charge in [0.15, 0.2) is 9.84 Å². The third kappa shape index (κ3) is 1.86. The number of benzene rings is 1. The van der Waals surface area contributed by atoms with E-state index in [0.717, 1.165) is 22.7 Å². The molecule has 3 rings (SSSR count). The standard InChI is InChI=1S/C13H14N2O2S2/c1-15-12(7-14)18-11-5-8-3-4-9(19(2,16)17)6-10(8)13(11)15/h3-4,6-7H,5,14H2,1-2H3/b12-7-. The van der Waals surface area contributed by atoms with Gasteiger partial charge in [0.2, 0.25) is 0 Å². The van der Waals surface area contributed by atoms with E-state index in [1.165, 1.54) is 16.7 Å². The molecule has 0 unspecified atom stereocenters. The fourth-order valence-corrected chi connectivity index (χ4v) is 4.24. The third-order valence-corrected chi connectivity index (χ3v) is 5.73. The van der Waals surface area contributed by atoms with E-state index in [2.05, 4.69) is 0 Å². The van der Waals surface area contributed by atoms with E-state index in [0.29, 0.717) is 4.90 Å². The summed E-state index contributed by atoms with van der Waals surface area (Å²) in [5.74, 6) is 0. The Labute approximate surface area is 116 Å². The third-order valence-electron chi connectivity index (χ3n) is 3.42. The lowest BCUT2D eigenvalue weighted by Crippen LogP contribution is -2.11. The number of nitrogens with zero attached hydrogens (tertiary/aromatic N) is 1. The van der Waals surface area contributed by atoms with E-state index < -0.39 is 9.84 Å². The average Bonchev–Trinajstić information content (AvgIpc) is 2.84. The smallest absolute Gasteiger partial charge is 0.175 e. The van der Waals surface area contributed by atoms with Gasteiger partial charge in [-0.15, -0.1) is 0 Å². The molecular formula is C13H14N2O2S2. The summed E-state index contributed by atoms with van der Waals surface area (Å²) in [5, 5.41) is 0.986. The van der Waals surface area contributed by atoms with E-state index in [4.69, 9.17) is 5.73 Å². The molecule has 1 aliphatic carbocycles. The molecule has 2 N–H and O–H groups in total. The summed E-state index contributed by atoms with van der Waals surface area (Å²) in [5.41, 5.74) is 8.86. The molecule has 1 aromatic rings. The maximum atomic E-state index is 11.7. The molecule has 0 spiro atoms. The van der Waals surface area contributed by atoms with Gasteiger partial charge in [-0.1, -0.05) is 17.8 Å². The first kappa shape index (κ1) is 12.6. The second-order valence-electron chi connectivity index (χ2n) is 4.71. The van der Waals surface area contributed by atoms with Gasteiger partial charge in [0, 0.05) is 36.4 Å². The Morgan fingerprint density at radius 1 is 1.42 bits per heavy atom. The zero-order valence-electron chi connectivity index (χ0n) is 10.7. The van der Waals surface area contributed by atoms with Crippen LogP contribution >= 0.6 is 11.8 Å². The van der Waals surface area contributed by atoms with Crippen molar-refractivity contribution in [3.63, 3.8) is 0 Å². The summed E-state index contributed by atoms with van der Waals surface area (Å²) in [6.45, 7) is 0. The highest BCUT2D eigenvalue weighted by Crippen LogP contribution is 2.50. The minimum Gasteiger partial charge on any atom is -0.402 e. The van der Waals surface area contributed by atoms with E-state index in [9.17, 15) is 8.42 Å². The Morgan fingerprint density at radius 2 is 2.16 bits per heavy atom. The molecule has 100 valence electrons. The average molecular weight is 294 g/mol. The van der Waals surface area contributed by atoms with Crippen molar-refractivity contribution < 1.29 is 8.42 Å². The van der Waals surface area contributed by atoms with Crippen molar-refractivity contribution >= 4 is 27.3 Å². The normalized spacial score (nSPS) is 20.1. The maximum Gasteiger partial charge on any atom is 0.175 e. The Kier molecular flexibility index (Phi) is 2.69. The predicted molar refractivity (Wildman–Crippen MR) is 77.8 cm³/mol. The first-order valence-corrected chi connectivity index (χ1v) is 8.52. The number of fused-ring (bicyclic) bond motifs is 2. The zero-order chi connectivity index (χ0) is 13.8. The van der Waals surface area contributed by atoms with E-state index >= 15 is 0 Å². The summed E-state index contributed by atoms with van der Waals surface area (Å²) >= 11 is 1.65. The summed E-state index contributed by atoms with van der Waals surface area (Å²) in [6.07, 6.45) is 3.67. The molecule has 0 radical (unpaired) electrons. The Hall–Kier alpha value is -1.40. The van der Waals surface area contributed by atoms with Crippen LogP contribution in [0.1, 0.15) is 11.1 Å². The molecule has 0 saturated carbocycles. The van der Waals surface area contributed by atoms with Crippen LogP contribution in [0.25, 0.3) is 5.70 Å². The Balaban J connectivity index is 2.13. The number of rotatable bonds is 1. The first-order valence-electron chi connectivity index (χ1n) is 5.82. The summed E-state index contributed by atoms with van der Waals surface area (Å²) in [6, 6.07) is 5.36. The van der Waals surface area contributed by atoms with Crippen molar-refractivity contribution in [3.8, 4) is 0 Å². The van der Waals surface area contributed by atoms with E-state index in [-0.39, 0.29) is 0 Å².